The number of hydrogen-bond donors (Lipinski definition) is 1. The minimum Gasteiger partial charge on any atom is -0.252 e. The number of fused-ring (bicyclic) bond motifs is 1. The van der Waals surface area contributed by atoms with Gasteiger partial charge in [-0.05, 0) is 30.4 Å². The molecule has 2 nitrogen and oxygen atoms in total. The highest BCUT2D eigenvalue weighted by Gasteiger charge is 2.26. The van der Waals surface area contributed by atoms with Gasteiger partial charge in [-0.3, -0.25) is 5.10 Å². The third kappa shape index (κ3) is 0.963. The molecule has 3 heteroatoms. The third-order valence-electron chi connectivity index (χ3n) is 2.59. The van der Waals surface area contributed by atoms with Gasteiger partial charge in [0.1, 0.15) is 0 Å². The Balaban J connectivity index is 2.36. The lowest BCUT2D eigenvalue weighted by molar-refractivity contribution is 0.587. The molecule has 0 saturated heterocycles. The Morgan fingerprint density at radius 3 is 3.00 bits per heavy atom. The zero-order valence-electron chi connectivity index (χ0n) is 7.05. The van der Waals surface area contributed by atoms with Crippen LogP contribution in [0.2, 0.25) is 0 Å². The van der Waals surface area contributed by atoms with Gasteiger partial charge in [0, 0.05) is 0 Å². The minimum atomic E-state index is -0.294. The molecule has 1 aliphatic carbocycles. The molecule has 1 heterocycles. The molecule has 3 rings (SSSR count). The number of aromatic amines is 1. The highest BCUT2D eigenvalue weighted by Crippen LogP contribution is 2.43. The summed E-state index contributed by atoms with van der Waals surface area (Å²) in [4.78, 5) is 0. The lowest BCUT2D eigenvalue weighted by Crippen LogP contribution is -1.82. The van der Waals surface area contributed by atoms with Crippen LogP contribution < -0.4 is 0 Å². The fourth-order valence-corrected chi connectivity index (χ4v) is 1.79. The SMILES string of the molecule is Fc1[nH]nc2cccc(C3CC3)c12. The van der Waals surface area contributed by atoms with Crippen LogP contribution >= 0.6 is 0 Å². The van der Waals surface area contributed by atoms with E-state index in [1.165, 1.54) is 12.8 Å². The van der Waals surface area contributed by atoms with Gasteiger partial charge < -0.3 is 0 Å². The van der Waals surface area contributed by atoms with E-state index < -0.39 is 0 Å². The molecule has 0 radical (unpaired) electrons. The summed E-state index contributed by atoms with van der Waals surface area (Å²) < 4.78 is 13.3. The van der Waals surface area contributed by atoms with Gasteiger partial charge in [0.2, 0.25) is 5.95 Å². The molecule has 1 aromatic carbocycles. The highest BCUT2D eigenvalue weighted by molar-refractivity contribution is 5.83. The van der Waals surface area contributed by atoms with Crippen LogP contribution in [-0.4, -0.2) is 10.2 Å². The quantitative estimate of drug-likeness (QED) is 0.710. The second kappa shape index (κ2) is 2.31. The second-order valence-corrected chi connectivity index (χ2v) is 3.55. The van der Waals surface area contributed by atoms with E-state index in [0.29, 0.717) is 11.3 Å². The zero-order chi connectivity index (χ0) is 8.84. The van der Waals surface area contributed by atoms with Gasteiger partial charge in [-0.25, -0.2) is 0 Å². The van der Waals surface area contributed by atoms with Crippen molar-refractivity contribution in [3.05, 3.63) is 29.7 Å². The maximum atomic E-state index is 13.3. The lowest BCUT2D eigenvalue weighted by atomic mass is 10.1. The number of benzene rings is 1. The predicted octanol–water partition coefficient (Wildman–Crippen LogP) is 2.58. The largest absolute Gasteiger partial charge is 0.252 e. The summed E-state index contributed by atoms with van der Waals surface area (Å²) in [5.41, 5.74) is 1.85. The first kappa shape index (κ1) is 7.06. The van der Waals surface area contributed by atoms with Crippen LogP contribution in [0.1, 0.15) is 24.3 Å². The zero-order valence-corrected chi connectivity index (χ0v) is 7.05. The summed E-state index contributed by atoms with van der Waals surface area (Å²) in [7, 11) is 0. The molecule has 0 atom stereocenters. The van der Waals surface area contributed by atoms with E-state index in [2.05, 4.69) is 10.2 Å². The van der Waals surface area contributed by atoms with Crippen LogP contribution in [0.15, 0.2) is 18.2 Å². The van der Waals surface area contributed by atoms with E-state index in [1.54, 1.807) is 0 Å². The van der Waals surface area contributed by atoms with Gasteiger partial charge >= 0.3 is 0 Å². The maximum Gasteiger partial charge on any atom is 0.217 e. The Hall–Kier alpha value is -1.38. The average Bonchev–Trinajstić information content (AvgIpc) is 2.92. The van der Waals surface area contributed by atoms with E-state index >= 15 is 0 Å². The molecule has 0 spiro atoms. The van der Waals surface area contributed by atoms with Crippen LogP contribution in [0.5, 0.6) is 0 Å². The first-order chi connectivity index (χ1) is 6.36. The van der Waals surface area contributed by atoms with Crippen molar-refractivity contribution in [3.8, 4) is 0 Å². The van der Waals surface area contributed by atoms with Crippen molar-refractivity contribution in [2.24, 2.45) is 0 Å². The van der Waals surface area contributed by atoms with Crippen molar-refractivity contribution in [2.45, 2.75) is 18.8 Å². The maximum absolute atomic E-state index is 13.3. The number of hydrogen-bond acceptors (Lipinski definition) is 1. The molecule has 1 aliphatic rings. The number of halogens is 1. The second-order valence-electron chi connectivity index (χ2n) is 3.55. The summed E-state index contributed by atoms with van der Waals surface area (Å²) in [6.45, 7) is 0. The van der Waals surface area contributed by atoms with Gasteiger partial charge in [0.25, 0.3) is 0 Å². The summed E-state index contributed by atoms with van der Waals surface area (Å²) >= 11 is 0. The molecule has 2 aromatic rings. The van der Waals surface area contributed by atoms with Crippen molar-refractivity contribution < 1.29 is 4.39 Å². The molecule has 1 aromatic heterocycles. The van der Waals surface area contributed by atoms with Crippen molar-refractivity contribution in [1.82, 2.24) is 10.2 Å². The normalized spacial score (nSPS) is 16.7. The minimum absolute atomic E-state index is 0.294. The van der Waals surface area contributed by atoms with E-state index in [9.17, 15) is 4.39 Å². The Morgan fingerprint density at radius 1 is 1.38 bits per heavy atom. The molecular formula is C10H9FN2. The molecular weight excluding hydrogens is 167 g/mol. The first-order valence-corrected chi connectivity index (χ1v) is 4.49. The molecule has 1 fully saturated rings. The fourth-order valence-electron chi connectivity index (χ4n) is 1.79. The Labute approximate surface area is 74.8 Å². The van der Waals surface area contributed by atoms with Crippen LogP contribution in [0.4, 0.5) is 4.39 Å². The molecule has 0 aliphatic heterocycles. The van der Waals surface area contributed by atoms with Gasteiger partial charge in [-0.2, -0.15) is 9.49 Å². The van der Waals surface area contributed by atoms with Crippen LogP contribution in [0.3, 0.4) is 0 Å². The number of aromatic nitrogens is 2. The monoisotopic (exact) mass is 176 g/mol. The summed E-state index contributed by atoms with van der Waals surface area (Å²) in [6, 6.07) is 5.77. The van der Waals surface area contributed by atoms with Crippen LogP contribution in [0, 0.1) is 5.95 Å². The summed E-state index contributed by atoms with van der Waals surface area (Å²) in [6.07, 6.45) is 2.37. The Bertz CT molecular complexity index is 457. The molecule has 1 N–H and O–H groups in total. The molecule has 1 saturated carbocycles. The van der Waals surface area contributed by atoms with Crippen molar-refractivity contribution in [2.75, 3.05) is 0 Å². The van der Waals surface area contributed by atoms with Gasteiger partial charge in [0.05, 0.1) is 10.9 Å². The molecule has 0 unspecified atom stereocenters. The third-order valence-corrected chi connectivity index (χ3v) is 2.59. The van der Waals surface area contributed by atoms with Crippen molar-refractivity contribution in [1.29, 1.82) is 0 Å². The fraction of sp³-hybridized carbons (Fsp3) is 0.300. The van der Waals surface area contributed by atoms with Gasteiger partial charge in [0.15, 0.2) is 0 Å². The number of H-pyrrole nitrogens is 1. The first-order valence-electron chi connectivity index (χ1n) is 4.49. The van der Waals surface area contributed by atoms with E-state index in [4.69, 9.17) is 0 Å². The highest BCUT2D eigenvalue weighted by atomic mass is 19.1. The topological polar surface area (TPSA) is 28.7 Å². The number of nitrogens with one attached hydrogen (secondary N) is 1. The summed E-state index contributed by atoms with van der Waals surface area (Å²) in [5.74, 6) is 0.272. The molecule has 13 heavy (non-hydrogen) atoms. The van der Waals surface area contributed by atoms with Crippen LogP contribution in [-0.2, 0) is 0 Å². The predicted molar refractivity (Wildman–Crippen MR) is 48.0 cm³/mol. The Morgan fingerprint density at radius 2 is 2.23 bits per heavy atom. The van der Waals surface area contributed by atoms with E-state index in [-0.39, 0.29) is 5.95 Å². The molecule has 0 bridgehead atoms. The molecule has 66 valence electrons. The van der Waals surface area contributed by atoms with Gasteiger partial charge in [-0.1, -0.05) is 12.1 Å². The van der Waals surface area contributed by atoms with E-state index in [1.807, 2.05) is 18.2 Å². The molecule has 0 amide bonds. The van der Waals surface area contributed by atoms with Crippen LogP contribution in [0.25, 0.3) is 10.9 Å². The van der Waals surface area contributed by atoms with E-state index in [0.717, 1.165) is 11.1 Å². The standard InChI is InChI=1S/C10H9FN2/c11-10-9-7(6-4-5-6)2-1-3-8(9)12-13-10/h1-3,6H,4-5H2,(H,12,13). The van der Waals surface area contributed by atoms with Gasteiger partial charge in [-0.15, -0.1) is 0 Å². The lowest BCUT2D eigenvalue weighted by Gasteiger charge is -1.98. The number of rotatable bonds is 1. The smallest absolute Gasteiger partial charge is 0.217 e. The Kier molecular flexibility index (Phi) is 1.26. The average molecular weight is 176 g/mol. The summed E-state index contributed by atoms with van der Waals surface area (Å²) in [5, 5.41) is 6.96. The number of nitrogens with zero attached hydrogens (tertiary/aromatic N) is 1. The van der Waals surface area contributed by atoms with Crippen molar-refractivity contribution >= 4 is 10.9 Å². The van der Waals surface area contributed by atoms with Crippen molar-refractivity contribution in [3.63, 3.8) is 0 Å².